The molecule has 0 spiro atoms. The Labute approximate surface area is 172 Å². The number of rotatable bonds is 5. The number of nitrogens with zero attached hydrogens (tertiary/aromatic N) is 1. The van der Waals surface area contributed by atoms with Crippen molar-refractivity contribution in [3.05, 3.63) is 59.7 Å². The fourth-order valence-electron chi connectivity index (χ4n) is 4.04. The Morgan fingerprint density at radius 1 is 0.931 bits per heavy atom. The van der Waals surface area contributed by atoms with E-state index in [1.165, 1.54) is 0 Å². The first-order valence-corrected chi connectivity index (χ1v) is 10.00. The number of nitrogens with two attached hydrogens (primary N) is 1. The van der Waals surface area contributed by atoms with Gasteiger partial charge in [-0.15, -0.1) is 0 Å². The molecule has 29 heavy (non-hydrogen) atoms. The summed E-state index contributed by atoms with van der Waals surface area (Å²) in [7, 11) is 3.27. The molecular formula is C24H28N2O3. The van der Waals surface area contributed by atoms with Crippen LogP contribution in [0.3, 0.4) is 0 Å². The van der Waals surface area contributed by atoms with Gasteiger partial charge in [-0.1, -0.05) is 30.7 Å². The summed E-state index contributed by atoms with van der Waals surface area (Å²) in [5.74, 6) is 1.39. The Balaban J connectivity index is 0.000000166. The maximum Gasteiger partial charge on any atom is 0.228 e. The molecule has 0 heterocycles. The summed E-state index contributed by atoms with van der Waals surface area (Å²) in [6.45, 7) is 0. The fraction of sp³-hybridized carbons (Fsp3) is 0.417. The van der Waals surface area contributed by atoms with E-state index in [1.54, 1.807) is 14.2 Å². The van der Waals surface area contributed by atoms with Gasteiger partial charge in [0.15, 0.2) is 0 Å². The molecule has 2 N–H and O–H groups in total. The molecule has 0 aliphatic heterocycles. The van der Waals surface area contributed by atoms with Crippen molar-refractivity contribution in [1.82, 2.24) is 0 Å². The third kappa shape index (κ3) is 3.93. The molecule has 5 nitrogen and oxygen atoms in total. The van der Waals surface area contributed by atoms with Gasteiger partial charge in [-0.25, -0.2) is 0 Å². The molecule has 0 atom stereocenters. The number of carbonyl (C=O) groups is 1. The first-order chi connectivity index (χ1) is 14.0. The smallest absolute Gasteiger partial charge is 0.228 e. The van der Waals surface area contributed by atoms with Gasteiger partial charge in [-0.2, -0.15) is 5.26 Å². The van der Waals surface area contributed by atoms with Crippen LogP contribution in [0.1, 0.15) is 49.7 Å². The van der Waals surface area contributed by atoms with E-state index in [9.17, 15) is 4.79 Å². The maximum atomic E-state index is 11.5. The SMILES string of the molecule is COc1cccc(C2(C#N)CCC2)c1.COc1cccc(C2(C(N)=O)CCC2)c1. The molecule has 0 unspecified atom stereocenters. The molecule has 2 aliphatic rings. The molecule has 1 amide bonds. The Morgan fingerprint density at radius 3 is 1.83 bits per heavy atom. The molecule has 0 radical (unpaired) electrons. The van der Waals surface area contributed by atoms with Crippen LogP contribution in [0.5, 0.6) is 11.5 Å². The molecule has 2 aromatic carbocycles. The molecule has 152 valence electrons. The summed E-state index contributed by atoms with van der Waals surface area (Å²) in [5.41, 5.74) is 6.90. The molecule has 2 aliphatic carbocycles. The number of nitriles is 1. The molecule has 2 aromatic rings. The van der Waals surface area contributed by atoms with Gasteiger partial charge >= 0.3 is 0 Å². The van der Waals surface area contributed by atoms with Gasteiger partial charge in [-0.05, 0) is 67.5 Å². The van der Waals surface area contributed by atoms with E-state index in [0.717, 1.165) is 61.2 Å². The zero-order chi connectivity index (χ0) is 20.9. The Morgan fingerprint density at radius 2 is 1.45 bits per heavy atom. The number of amides is 1. The fourth-order valence-corrected chi connectivity index (χ4v) is 4.04. The molecular weight excluding hydrogens is 364 g/mol. The molecule has 0 saturated heterocycles. The van der Waals surface area contributed by atoms with E-state index in [4.69, 9.17) is 20.5 Å². The highest BCUT2D eigenvalue weighted by molar-refractivity contribution is 5.87. The predicted molar refractivity (Wildman–Crippen MR) is 112 cm³/mol. The van der Waals surface area contributed by atoms with Crippen molar-refractivity contribution in [3.8, 4) is 17.6 Å². The number of ether oxygens (including phenoxy) is 2. The monoisotopic (exact) mass is 392 g/mol. The van der Waals surface area contributed by atoms with Gasteiger partial charge in [0, 0.05) is 0 Å². The number of carbonyl (C=O) groups excluding carboxylic acids is 1. The van der Waals surface area contributed by atoms with Gasteiger partial charge in [0.05, 0.1) is 31.1 Å². The lowest BCUT2D eigenvalue weighted by molar-refractivity contribution is -0.126. The minimum atomic E-state index is -0.436. The number of benzene rings is 2. The highest BCUT2D eigenvalue weighted by Crippen LogP contribution is 2.44. The topological polar surface area (TPSA) is 85.3 Å². The van der Waals surface area contributed by atoms with Crippen LogP contribution in [0, 0.1) is 11.3 Å². The normalized spacial score (nSPS) is 18.0. The van der Waals surface area contributed by atoms with Gasteiger partial charge < -0.3 is 15.2 Å². The third-order valence-electron chi connectivity index (χ3n) is 6.34. The van der Waals surface area contributed by atoms with E-state index in [-0.39, 0.29) is 11.3 Å². The summed E-state index contributed by atoms with van der Waals surface area (Å²) < 4.78 is 10.3. The van der Waals surface area contributed by atoms with Crippen LogP contribution in [0.4, 0.5) is 0 Å². The molecule has 4 rings (SSSR count). The van der Waals surface area contributed by atoms with Crippen LogP contribution in [-0.2, 0) is 15.6 Å². The lowest BCUT2D eigenvalue weighted by atomic mass is 9.64. The summed E-state index contributed by atoms with van der Waals surface area (Å²) in [6.07, 6.45) is 5.91. The largest absolute Gasteiger partial charge is 0.497 e. The molecule has 0 aromatic heterocycles. The van der Waals surface area contributed by atoms with Crippen LogP contribution in [0.15, 0.2) is 48.5 Å². The summed E-state index contributed by atoms with van der Waals surface area (Å²) in [6, 6.07) is 17.9. The van der Waals surface area contributed by atoms with Crippen molar-refractivity contribution in [2.24, 2.45) is 5.73 Å². The first kappa shape index (κ1) is 20.7. The van der Waals surface area contributed by atoms with Crippen LogP contribution in [0.25, 0.3) is 0 Å². The van der Waals surface area contributed by atoms with Crippen molar-refractivity contribution in [2.45, 2.75) is 49.4 Å². The van der Waals surface area contributed by atoms with E-state index < -0.39 is 5.41 Å². The average molecular weight is 392 g/mol. The second kappa shape index (κ2) is 8.57. The summed E-state index contributed by atoms with van der Waals surface area (Å²) in [5, 5.41) is 9.16. The van der Waals surface area contributed by atoms with Gasteiger partial charge in [0.2, 0.25) is 5.91 Å². The minimum absolute atomic E-state index is 0.220. The molecule has 5 heteroatoms. The minimum Gasteiger partial charge on any atom is -0.497 e. The first-order valence-electron chi connectivity index (χ1n) is 10.00. The second-order valence-corrected chi connectivity index (χ2v) is 7.81. The standard InChI is InChI=1S/C12H15NO2.C12H13NO/c1-15-10-5-2-4-9(8-10)12(11(13)14)6-3-7-12;1-14-11-5-2-4-10(8-11)12(9-13)6-3-7-12/h2,4-5,8H,3,6-7H2,1H3,(H2,13,14);2,4-5,8H,3,6-7H2,1H3. The zero-order valence-electron chi connectivity index (χ0n) is 17.1. The van der Waals surface area contributed by atoms with E-state index in [0.29, 0.717) is 0 Å². The second-order valence-electron chi connectivity index (χ2n) is 7.81. The maximum absolute atomic E-state index is 11.5. The molecule has 2 fully saturated rings. The van der Waals surface area contributed by atoms with Crippen LogP contribution < -0.4 is 15.2 Å². The van der Waals surface area contributed by atoms with Crippen molar-refractivity contribution < 1.29 is 14.3 Å². The average Bonchev–Trinajstić information content (AvgIpc) is 2.67. The van der Waals surface area contributed by atoms with Crippen molar-refractivity contribution in [1.29, 1.82) is 5.26 Å². The number of hydrogen-bond acceptors (Lipinski definition) is 4. The van der Waals surface area contributed by atoms with Crippen molar-refractivity contribution >= 4 is 5.91 Å². The summed E-state index contributed by atoms with van der Waals surface area (Å²) in [4.78, 5) is 11.5. The predicted octanol–water partition coefficient (Wildman–Crippen LogP) is 4.24. The number of methoxy groups -OCH3 is 2. The van der Waals surface area contributed by atoms with Crippen LogP contribution >= 0.6 is 0 Å². The highest BCUT2D eigenvalue weighted by atomic mass is 16.5. The van der Waals surface area contributed by atoms with Gasteiger partial charge in [-0.3, -0.25) is 4.79 Å². The van der Waals surface area contributed by atoms with E-state index >= 15 is 0 Å². The lowest BCUT2D eigenvalue weighted by Gasteiger charge is -2.39. The van der Waals surface area contributed by atoms with Gasteiger partial charge in [0.1, 0.15) is 11.5 Å². The van der Waals surface area contributed by atoms with E-state index in [2.05, 4.69) is 6.07 Å². The Bertz CT molecular complexity index is 908. The van der Waals surface area contributed by atoms with Crippen molar-refractivity contribution in [2.75, 3.05) is 14.2 Å². The molecule has 0 bridgehead atoms. The highest BCUT2D eigenvalue weighted by Gasteiger charge is 2.44. The quantitative estimate of drug-likeness (QED) is 0.824. The third-order valence-corrected chi connectivity index (χ3v) is 6.34. The Hall–Kier alpha value is -3.00. The lowest BCUT2D eigenvalue weighted by Crippen LogP contribution is -2.46. The Kier molecular flexibility index (Phi) is 6.12. The van der Waals surface area contributed by atoms with Crippen molar-refractivity contribution in [3.63, 3.8) is 0 Å². The van der Waals surface area contributed by atoms with Crippen LogP contribution in [0.2, 0.25) is 0 Å². The molecule has 2 saturated carbocycles. The number of primary amides is 1. The summed E-state index contributed by atoms with van der Waals surface area (Å²) >= 11 is 0. The zero-order valence-corrected chi connectivity index (χ0v) is 17.1. The van der Waals surface area contributed by atoms with Gasteiger partial charge in [0.25, 0.3) is 0 Å². The number of hydrogen-bond donors (Lipinski definition) is 1. The van der Waals surface area contributed by atoms with Crippen LogP contribution in [-0.4, -0.2) is 20.1 Å². The van der Waals surface area contributed by atoms with E-state index in [1.807, 2.05) is 48.5 Å².